The van der Waals surface area contributed by atoms with Crippen LogP contribution in [0.1, 0.15) is 24.6 Å². The molecule has 0 saturated carbocycles. The van der Waals surface area contributed by atoms with E-state index < -0.39 is 0 Å². The fourth-order valence-electron chi connectivity index (χ4n) is 1.65. The highest BCUT2D eigenvalue weighted by Gasteiger charge is 2.05. The number of benzene rings is 1. The Morgan fingerprint density at radius 3 is 2.56 bits per heavy atom. The highest BCUT2D eigenvalue weighted by atomic mass is 32.1. The molecule has 84 valence electrons. The molecule has 0 radical (unpaired) electrons. The van der Waals surface area contributed by atoms with Gasteiger partial charge in [0.1, 0.15) is 0 Å². The molecule has 3 heteroatoms. The van der Waals surface area contributed by atoms with Gasteiger partial charge >= 0.3 is 0 Å². The molecule has 0 aliphatic heterocycles. The Bertz CT molecular complexity index is 447. The van der Waals surface area contributed by atoms with Crippen LogP contribution >= 0.6 is 12.6 Å². The first-order chi connectivity index (χ1) is 7.83. The lowest BCUT2D eigenvalue weighted by Crippen LogP contribution is -1.82. The Labute approximate surface area is 101 Å². The van der Waals surface area contributed by atoms with Crippen molar-refractivity contribution in [2.75, 3.05) is 0 Å². The van der Waals surface area contributed by atoms with Crippen LogP contribution in [-0.4, -0.2) is 5.16 Å². The van der Waals surface area contributed by atoms with Crippen LogP contribution in [0, 0.1) is 0 Å². The van der Waals surface area contributed by atoms with E-state index in [4.69, 9.17) is 4.52 Å². The normalized spacial score (nSPS) is 10.6. The van der Waals surface area contributed by atoms with Gasteiger partial charge in [-0.2, -0.15) is 12.6 Å². The van der Waals surface area contributed by atoms with Gasteiger partial charge in [-0.05, 0) is 12.0 Å². The van der Waals surface area contributed by atoms with Crippen molar-refractivity contribution in [3.63, 3.8) is 0 Å². The fraction of sp³-hybridized carbons (Fsp3) is 0.308. The first-order valence-electron chi connectivity index (χ1n) is 5.49. The number of nitrogens with zero attached hydrogens (tertiary/aromatic N) is 1. The Kier molecular flexibility index (Phi) is 3.67. The van der Waals surface area contributed by atoms with Gasteiger partial charge in [0.25, 0.3) is 0 Å². The highest BCUT2D eigenvalue weighted by molar-refractivity contribution is 7.79. The van der Waals surface area contributed by atoms with Crippen LogP contribution in [0.25, 0.3) is 11.3 Å². The predicted octanol–water partition coefficient (Wildman–Crippen LogP) is 3.72. The Morgan fingerprint density at radius 2 is 2.00 bits per heavy atom. The van der Waals surface area contributed by atoms with E-state index in [0.29, 0.717) is 5.75 Å². The van der Waals surface area contributed by atoms with Crippen molar-refractivity contribution in [1.82, 2.24) is 5.16 Å². The average Bonchev–Trinajstić information content (AvgIpc) is 2.79. The monoisotopic (exact) mass is 233 g/mol. The lowest BCUT2D eigenvalue weighted by molar-refractivity contribution is 0.426. The number of aromatic nitrogens is 1. The van der Waals surface area contributed by atoms with E-state index in [1.54, 1.807) is 0 Å². The van der Waals surface area contributed by atoms with Gasteiger partial charge in [0.05, 0.1) is 5.69 Å². The quantitative estimate of drug-likeness (QED) is 0.814. The second-order valence-corrected chi connectivity index (χ2v) is 4.10. The summed E-state index contributed by atoms with van der Waals surface area (Å²) in [5.74, 6) is 1.42. The first kappa shape index (κ1) is 11.3. The molecule has 0 spiro atoms. The molecule has 0 N–H and O–H groups in total. The minimum absolute atomic E-state index is 0.609. The van der Waals surface area contributed by atoms with Crippen molar-refractivity contribution in [3.8, 4) is 11.3 Å². The van der Waals surface area contributed by atoms with Crippen LogP contribution in [0.3, 0.4) is 0 Å². The molecule has 0 fully saturated rings. The Balaban J connectivity index is 2.20. The van der Waals surface area contributed by atoms with E-state index in [1.165, 1.54) is 12.0 Å². The number of rotatable bonds is 4. The minimum atomic E-state index is 0.609. The lowest BCUT2D eigenvalue weighted by atomic mass is 10.1. The highest BCUT2D eigenvalue weighted by Crippen LogP contribution is 2.21. The molecule has 1 aromatic carbocycles. The molecular weight excluding hydrogens is 218 g/mol. The molecule has 2 aromatic rings. The Hall–Kier alpha value is -1.22. The van der Waals surface area contributed by atoms with Gasteiger partial charge in [-0.1, -0.05) is 42.8 Å². The van der Waals surface area contributed by atoms with Gasteiger partial charge in [0.2, 0.25) is 0 Å². The Morgan fingerprint density at radius 1 is 1.25 bits per heavy atom. The topological polar surface area (TPSA) is 26.0 Å². The summed E-state index contributed by atoms with van der Waals surface area (Å²) in [5, 5.41) is 3.92. The third-order valence-corrected chi connectivity index (χ3v) is 2.82. The van der Waals surface area contributed by atoms with Crippen LogP contribution in [-0.2, 0) is 12.2 Å². The van der Waals surface area contributed by atoms with Crippen molar-refractivity contribution < 1.29 is 4.52 Å². The number of hydrogen-bond donors (Lipinski definition) is 1. The van der Waals surface area contributed by atoms with Gasteiger partial charge < -0.3 is 4.52 Å². The molecule has 0 unspecified atom stereocenters. The van der Waals surface area contributed by atoms with Crippen molar-refractivity contribution in [2.45, 2.75) is 25.5 Å². The number of thiol groups is 1. The van der Waals surface area contributed by atoms with E-state index in [9.17, 15) is 0 Å². The summed E-state index contributed by atoms with van der Waals surface area (Å²) in [4.78, 5) is 0. The zero-order valence-corrected chi connectivity index (χ0v) is 10.2. The van der Waals surface area contributed by atoms with Crippen LogP contribution in [0.15, 0.2) is 34.9 Å². The molecule has 16 heavy (non-hydrogen) atoms. The molecule has 2 rings (SSSR count). The zero-order valence-electron chi connectivity index (χ0n) is 9.31. The molecule has 2 nitrogen and oxygen atoms in total. The van der Waals surface area contributed by atoms with E-state index in [0.717, 1.165) is 23.4 Å². The molecule has 0 atom stereocenters. The molecule has 0 bridgehead atoms. The summed E-state index contributed by atoms with van der Waals surface area (Å²) in [6.07, 6.45) is 2.30. The van der Waals surface area contributed by atoms with Crippen molar-refractivity contribution in [2.24, 2.45) is 0 Å². The van der Waals surface area contributed by atoms with Gasteiger partial charge in [0.15, 0.2) is 5.76 Å². The van der Waals surface area contributed by atoms with Crippen LogP contribution in [0.4, 0.5) is 0 Å². The van der Waals surface area contributed by atoms with Crippen LogP contribution < -0.4 is 0 Å². The predicted molar refractivity (Wildman–Crippen MR) is 68.6 cm³/mol. The average molecular weight is 233 g/mol. The zero-order chi connectivity index (χ0) is 11.4. The summed E-state index contributed by atoms with van der Waals surface area (Å²) >= 11 is 4.16. The van der Waals surface area contributed by atoms with Gasteiger partial charge in [-0.15, -0.1) is 0 Å². The van der Waals surface area contributed by atoms with E-state index in [2.05, 4.69) is 49.0 Å². The SMILES string of the molecule is CCCc1ccc(-c2cc(CS)no2)cc1. The number of aryl methyl sites for hydroxylation is 1. The molecule has 0 saturated heterocycles. The molecule has 1 aromatic heterocycles. The molecule has 1 heterocycles. The maximum absolute atomic E-state index is 5.24. The standard InChI is InChI=1S/C13H15NOS/c1-2-3-10-4-6-11(7-5-10)13-8-12(9-16)14-15-13/h4-8,16H,2-3,9H2,1H3. The summed E-state index contributed by atoms with van der Waals surface area (Å²) in [6, 6.07) is 10.4. The smallest absolute Gasteiger partial charge is 0.167 e. The summed E-state index contributed by atoms with van der Waals surface area (Å²) in [7, 11) is 0. The molecule has 0 amide bonds. The van der Waals surface area contributed by atoms with E-state index in [1.807, 2.05) is 6.07 Å². The first-order valence-corrected chi connectivity index (χ1v) is 6.12. The second-order valence-electron chi connectivity index (χ2n) is 3.79. The molecule has 0 aliphatic carbocycles. The van der Waals surface area contributed by atoms with E-state index in [-0.39, 0.29) is 0 Å². The van der Waals surface area contributed by atoms with E-state index >= 15 is 0 Å². The second kappa shape index (κ2) is 5.21. The number of hydrogen-bond acceptors (Lipinski definition) is 3. The molecular formula is C13H15NOS. The third-order valence-electron chi connectivity index (χ3n) is 2.50. The van der Waals surface area contributed by atoms with Crippen LogP contribution in [0.5, 0.6) is 0 Å². The van der Waals surface area contributed by atoms with Crippen molar-refractivity contribution in [1.29, 1.82) is 0 Å². The fourth-order valence-corrected chi connectivity index (χ4v) is 1.80. The van der Waals surface area contributed by atoms with Crippen molar-refractivity contribution >= 4 is 12.6 Å². The maximum Gasteiger partial charge on any atom is 0.167 e. The summed E-state index contributed by atoms with van der Waals surface area (Å²) < 4.78 is 5.24. The minimum Gasteiger partial charge on any atom is -0.356 e. The van der Waals surface area contributed by atoms with Gasteiger partial charge in [-0.25, -0.2) is 0 Å². The largest absolute Gasteiger partial charge is 0.356 e. The summed E-state index contributed by atoms with van der Waals surface area (Å²) in [6.45, 7) is 2.18. The molecule has 0 aliphatic rings. The maximum atomic E-state index is 5.24. The van der Waals surface area contributed by atoms with Crippen LogP contribution in [0.2, 0.25) is 0 Å². The lowest BCUT2D eigenvalue weighted by Gasteiger charge is -1.99. The van der Waals surface area contributed by atoms with Gasteiger partial charge in [0, 0.05) is 17.4 Å². The van der Waals surface area contributed by atoms with Crippen molar-refractivity contribution in [3.05, 3.63) is 41.6 Å². The summed E-state index contributed by atoms with van der Waals surface area (Å²) in [5.41, 5.74) is 3.30. The van der Waals surface area contributed by atoms with Gasteiger partial charge in [-0.3, -0.25) is 0 Å². The third kappa shape index (κ3) is 2.47.